The summed E-state index contributed by atoms with van der Waals surface area (Å²) in [4.78, 5) is 18.8. The largest absolute Gasteiger partial charge is 0.490 e. The summed E-state index contributed by atoms with van der Waals surface area (Å²) in [6.45, 7) is 6.94. The molecule has 7 nitrogen and oxygen atoms in total. The molecule has 0 unspecified atom stereocenters. The van der Waals surface area contributed by atoms with Crippen LogP contribution in [0.15, 0.2) is 40.8 Å². The summed E-state index contributed by atoms with van der Waals surface area (Å²) in [6, 6.07) is 10.9. The van der Waals surface area contributed by atoms with Gasteiger partial charge in [0.25, 0.3) is 5.91 Å². The lowest BCUT2D eigenvalue weighted by molar-refractivity contribution is 0.0987. The number of benzene rings is 2. The molecule has 0 fully saturated rings. The molecular formula is C21H24N2O5. The van der Waals surface area contributed by atoms with Crippen molar-refractivity contribution in [1.82, 2.24) is 4.98 Å². The highest BCUT2D eigenvalue weighted by molar-refractivity contribution is 6.05. The number of nitrogens with zero attached hydrogens (tertiary/aromatic N) is 2. The summed E-state index contributed by atoms with van der Waals surface area (Å²) in [5.41, 5.74) is 1.70. The van der Waals surface area contributed by atoms with Crippen LogP contribution in [-0.2, 0) is 0 Å². The predicted octanol–water partition coefficient (Wildman–Crippen LogP) is 4.30. The lowest BCUT2D eigenvalue weighted by Crippen LogP contribution is -2.26. The van der Waals surface area contributed by atoms with Crippen LogP contribution < -0.4 is 19.1 Å². The molecule has 148 valence electrons. The molecule has 0 spiro atoms. The van der Waals surface area contributed by atoms with Crippen LogP contribution in [0.2, 0.25) is 0 Å². The maximum absolute atomic E-state index is 13.1. The Morgan fingerprint density at radius 3 is 2.18 bits per heavy atom. The number of amides is 1. The molecule has 1 heterocycles. The molecule has 28 heavy (non-hydrogen) atoms. The van der Waals surface area contributed by atoms with E-state index in [9.17, 15) is 4.79 Å². The van der Waals surface area contributed by atoms with Gasteiger partial charge in [-0.1, -0.05) is 12.1 Å². The third kappa shape index (κ3) is 3.88. The zero-order valence-corrected chi connectivity index (χ0v) is 16.5. The monoisotopic (exact) mass is 384 g/mol. The summed E-state index contributed by atoms with van der Waals surface area (Å²) in [5, 5.41) is 0. The zero-order chi connectivity index (χ0) is 20.1. The number of rotatable bonds is 8. The molecule has 0 aliphatic heterocycles. The Morgan fingerprint density at radius 1 is 1.00 bits per heavy atom. The summed E-state index contributed by atoms with van der Waals surface area (Å²) < 4.78 is 22.8. The SMILES string of the molecule is CCOc1cc(C(=O)N(C)c2nc3ccccc3o2)cc(OCC)c1OCC. The minimum atomic E-state index is -0.295. The number of aromatic nitrogens is 1. The number of oxazole rings is 1. The van der Waals surface area contributed by atoms with E-state index in [1.54, 1.807) is 25.2 Å². The fourth-order valence-corrected chi connectivity index (χ4v) is 2.80. The van der Waals surface area contributed by atoms with Crippen molar-refractivity contribution in [2.45, 2.75) is 20.8 Å². The van der Waals surface area contributed by atoms with Crippen LogP contribution in [0.3, 0.4) is 0 Å². The van der Waals surface area contributed by atoms with Gasteiger partial charge in [0.05, 0.1) is 19.8 Å². The molecule has 0 aliphatic rings. The molecule has 3 rings (SSSR count). The van der Waals surface area contributed by atoms with Gasteiger partial charge >= 0.3 is 6.01 Å². The zero-order valence-electron chi connectivity index (χ0n) is 16.5. The van der Waals surface area contributed by atoms with Crippen LogP contribution in [0, 0.1) is 0 Å². The fraction of sp³-hybridized carbons (Fsp3) is 0.333. The Morgan fingerprint density at radius 2 is 1.61 bits per heavy atom. The van der Waals surface area contributed by atoms with E-state index in [0.29, 0.717) is 53.7 Å². The topological polar surface area (TPSA) is 74.0 Å². The van der Waals surface area contributed by atoms with E-state index in [0.717, 1.165) is 0 Å². The van der Waals surface area contributed by atoms with Crippen molar-refractivity contribution in [2.75, 3.05) is 31.8 Å². The smallest absolute Gasteiger partial charge is 0.305 e. The Hall–Kier alpha value is -3.22. The molecule has 1 amide bonds. The van der Waals surface area contributed by atoms with E-state index < -0.39 is 0 Å². The Bertz CT molecular complexity index is 906. The van der Waals surface area contributed by atoms with Gasteiger partial charge in [-0.15, -0.1) is 0 Å². The van der Waals surface area contributed by atoms with E-state index in [4.69, 9.17) is 18.6 Å². The second-order valence-corrected chi connectivity index (χ2v) is 5.93. The highest BCUT2D eigenvalue weighted by atomic mass is 16.5. The second-order valence-electron chi connectivity index (χ2n) is 5.93. The number of para-hydroxylation sites is 2. The first-order valence-corrected chi connectivity index (χ1v) is 9.29. The van der Waals surface area contributed by atoms with E-state index >= 15 is 0 Å². The molecule has 3 aromatic rings. The first kappa shape index (κ1) is 19.5. The minimum absolute atomic E-state index is 0.219. The second kappa shape index (κ2) is 8.65. The number of fused-ring (bicyclic) bond motifs is 1. The van der Waals surface area contributed by atoms with Crippen LogP contribution in [0.25, 0.3) is 11.1 Å². The van der Waals surface area contributed by atoms with Crippen molar-refractivity contribution in [3.63, 3.8) is 0 Å². The molecule has 0 radical (unpaired) electrons. The predicted molar refractivity (Wildman–Crippen MR) is 107 cm³/mol. The number of carbonyl (C=O) groups is 1. The first-order valence-electron chi connectivity index (χ1n) is 9.29. The maximum atomic E-state index is 13.1. The average Bonchev–Trinajstić information content (AvgIpc) is 3.13. The fourth-order valence-electron chi connectivity index (χ4n) is 2.80. The van der Waals surface area contributed by atoms with Gasteiger partial charge in [0.15, 0.2) is 17.1 Å². The van der Waals surface area contributed by atoms with Crippen molar-refractivity contribution >= 4 is 23.0 Å². The molecule has 2 aromatic carbocycles. The first-order chi connectivity index (χ1) is 13.6. The number of carbonyl (C=O) groups excluding carboxylic acids is 1. The Kier molecular flexibility index (Phi) is 6.03. The summed E-state index contributed by atoms with van der Waals surface area (Å²) in [5.74, 6) is 1.12. The van der Waals surface area contributed by atoms with Gasteiger partial charge in [-0.25, -0.2) is 0 Å². The number of hydrogen-bond donors (Lipinski definition) is 0. The maximum Gasteiger partial charge on any atom is 0.305 e. The molecular weight excluding hydrogens is 360 g/mol. The summed E-state index contributed by atoms with van der Waals surface area (Å²) >= 11 is 0. The van der Waals surface area contributed by atoms with Gasteiger partial charge in [0.2, 0.25) is 5.75 Å². The number of hydrogen-bond acceptors (Lipinski definition) is 6. The summed E-state index contributed by atoms with van der Waals surface area (Å²) in [7, 11) is 1.62. The standard InChI is InChI=1S/C21H24N2O5/c1-5-25-17-12-14(13-18(26-6-2)19(17)27-7-3)20(24)23(4)21-22-15-10-8-9-11-16(15)28-21/h8-13H,5-7H2,1-4H3. The normalized spacial score (nSPS) is 10.7. The third-order valence-corrected chi connectivity index (χ3v) is 4.03. The van der Waals surface area contributed by atoms with Crippen molar-refractivity contribution in [3.8, 4) is 17.2 Å². The third-order valence-electron chi connectivity index (χ3n) is 4.03. The van der Waals surface area contributed by atoms with E-state index in [1.165, 1.54) is 4.90 Å². The Labute approximate surface area is 163 Å². The lowest BCUT2D eigenvalue weighted by Gasteiger charge is -2.18. The molecule has 0 bridgehead atoms. The number of anilines is 1. The van der Waals surface area contributed by atoms with Crippen LogP contribution in [0.4, 0.5) is 6.01 Å². The van der Waals surface area contributed by atoms with Gasteiger partial charge < -0.3 is 18.6 Å². The summed E-state index contributed by atoms with van der Waals surface area (Å²) in [6.07, 6.45) is 0. The van der Waals surface area contributed by atoms with Crippen LogP contribution >= 0.6 is 0 Å². The van der Waals surface area contributed by atoms with Crippen LogP contribution in [0.1, 0.15) is 31.1 Å². The van der Waals surface area contributed by atoms with Crippen molar-refractivity contribution in [3.05, 3.63) is 42.0 Å². The number of ether oxygens (including phenoxy) is 3. The highest BCUT2D eigenvalue weighted by Gasteiger charge is 2.23. The van der Waals surface area contributed by atoms with Crippen LogP contribution in [-0.4, -0.2) is 37.8 Å². The van der Waals surface area contributed by atoms with E-state index in [-0.39, 0.29) is 11.9 Å². The molecule has 7 heteroatoms. The van der Waals surface area contributed by atoms with Gasteiger partial charge in [0, 0.05) is 12.6 Å². The van der Waals surface area contributed by atoms with Gasteiger partial charge in [-0.2, -0.15) is 4.98 Å². The van der Waals surface area contributed by atoms with Crippen molar-refractivity contribution in [2.24, 2.45) is 0 Å². The molecule has 0 aliphatic carbocycles. The van der Waals surface area contributed by atoms with Crippen molar-refractivity contribution in [1.29, 1.82) is 0 Å². The van der Waals surface area contributed by atoms with E-state index in [2.05, 4.69) is 4.98 Å². The molecule has 0 N–H and O–H groups in total. The van der Waals surface area contributed by atoms with Gasteiger partial charge in [-0.05, 0) is 45.0 Å². The molecule has 0 saturated carbocycles. The molecule has 0 atom stereocenters. The van der Waals surface area contributed by atoms with Crippen LogP contribution in [0.5, 0.6) is 17.2 Å². The van der Waals surface area contributed by atoms with Gasteiger partial charge in [0.1, 0.15) is 5.52 Å². The average molecular weight is 384 g/mol. The Balaban J connectivity index is 1.99. The lowest BCUT2D eigenvalue weighted by atomic mass is 10.1. The van der Waals surface area contributed by atoms with Crippen molar-refractivity contribution < 1.29 is 23.4 Å². The highest BCUT2D eigenvalue weighted by Crippen LogP contribution is 2.39. The molecule has 1 aromatic heterocycles. The quantitative estimate of drug-likeness (QED) is 0.576. The van der Waals surface area contributed by atoms with Gasteiger partial charge in [-0.3, -0.25) is 9.69 Å². The minimum Gasteiger partial charge on any atom is -0.490 e. The molecule has 0 saturated heterocycles. The van der Waals surface area contributed by atoms with E-state index in [1.807, 2.05) is 39.0 Å².